The number of benzene rings is 1. The van der Waals surface area contributed by atoms with Crippen LogP contribution in [0.5, 0.6) is 0 Å². The summed E-state index contributed by atoms with van der Waals surface area (Å²) in [6.45, 7) is 0.276. The Balaban J connectivity index is 1.93. The average molecular weight is 351 g/mol. The van der Waals surface area contributed by atoms with Crippen molar-refractivity contribution in [3.63, 3.8) is 0 Å². The molecule has 0 atom stereocenters. The Bertz CT molecular complexity index is 1080. The summed E-state index contributed by atoms with van der Waals surface area (Å²) in [6, 6.07) is 4.67. The van der Waals surface area contributed by atoms with E-state index in [1.165, 1.54) is 17.1 Å². The molecule has 3 heterocycles. The number of nitrogens with two attached hydrogens (primary N) is 3. The Morgan fingerprint density at radius 3 is 2.38 bits per heavy atom. The fraction of sp³-hybridized carbons (Fsp3) is 0.0625. The molecule has 10 heteroatoms. The molecular weight excluding hydrogens is 337 g/mol. The zero-order valence-corrected chi connectivity index (χ0v) is 13.5. The molecule has 0 saturated heterocycles. The summed E-state index contributed by atoms with van der Waals surface area (Å²) >= 11 is 0. The van der Waals surface area contributed by atoms with Gasteiger partial charge in [-0.15, -0.1) is 0 Å². The topological polar surface area (TPSA) is 147 Å². The smallest absolute Gasteiger partial charge is 0.184 e. The summed E-state index contributed by atoms with van der Waals surface area (Å²) in [4.78, 5) is 16.2. The molecule has 0 aliphatic heterocycles. The highest BCUT2D eigenvalue weighted by Gasteiger charge is 2.19. The van der Waals surface area contributed by atoms with Crippen LogP contribution in [0.4, 0.5) is 21.7 Å². The van der Waals surface area contributed by atoms with Crippen LogP contribution < -0.4 is 17.2 Å². The van der Waals surface area contributed by atoms with E-state index in [0.29, 0.717) is 16.6 Å². The Hall–Kier alpha value is -3.82. The van der Waals surface area contributed by atoms with E-state index in [4.69, 9.17) is 17.2 Å². The number of rotatable bonds is 3. The van der Waals surface area contributed by atoms with Gasteiger partial charge in [-0.1, -0.05) is 12.1 Å². The SMILES string of the molecule is Nc1nc(-c2nn(Cc3cncnc3)c3c(F)cccc23)nc(N)c1N. The van der Waals surface area contributed by atoms with Gasteiger partial charge in [0, 0.05) is 23.3 Å². The third-order valence-corrected chi connectivity index (χ3v) is 3.88. The lowest BCUT2D eigenvalue weighted by Crippen LogP contribution is -2.07. The lowest BCUT2D eigenvalue weighted by Gasteiger charge is -2.04. The van der Waals surface area contributed by atoms with Gasteiger partial charge in [0.25, 0.3) is 0 Å². The van der Waals surface area contributed by atoms with E-state index in [1.807, 2.05) is 0 Å². The van der Waals surface area contributed by atoms with Crippen molar-refractivity contribution in [2.75, 3.05) is 17.2 Å². The van der Waals surface area contributed by atoms with Crippen LogP contribution in [0.25, 0.3) is 22.4 Å². The molecule has 4 rings (SSSR count). The number of nitrogen functional groups attached to an aromatic ring is 3. The van der Waals surface area contributed by atoms with Crippen molar-refractivity contribution in [1.29, 1.82) is 0 Å². The first kappa shape index (κ1) is 15.7. The van der Waals surface area contributed by atoms with Gasteiger partial charge in [0.05, 0.1) is 6.54 Å². The highest BCUT2D eigenvalue weighted by Crippen LogP contribution is 2.30. The highest BCUT2D eigenvalue weighted by atomic mass is 19.1. The minimum atomic E-state index is -0.422. The van der Waals surface area contributed by atoms with Crippen molar-refractivity contribution in [1.82, 2.24) is 29.7 Å². The van der Waals surface area contributed by atoms with Gasteiger partial charge in [-0.2, -0.15) is 5.10 Å². The monoisotopic (exact) mass is 351 g/mol. The fourth-order valence-corrected chi connectivity index (χ4v) is 2.67. The zero-order chi connectivity index (χ0) is 18.3. The van der Waals surface area contributed by atoms with Crippen LogP contribution in [0.15, 0.2) is 36.9 Å². The Morgan fingerprint density at radius 1 is 1.00 bits per heavy atom. The molecule has 6 N–H and O–H groups in total. The molecule has 0 unspecified atom stereocenters. The molecule has 0 fully saturated rings. The van der Waals surface area contributed by atoms with Crippen LogP contribution in [-0.4, -0.2) is 29.7 Å². The first-order chi connectivity index (χ1) is 12.5. The summed E-state index contributed by atoms with van der Waals surface area (Å²) in [5.74, 6) is -0.159. The molecular formula is C16H14FN9. The van der Waals surface area contributed by atoms with Crippen molar-refractivity contribution in [2.45, 2.75) is 6.54 Å². The van der Waals surface area contributed by atoms with Crippen LogP contribution >= 0.6 is 0 Å². The zero-order valence-electron chi connectivity index (χ0n) is 13.5. The van der Waals surface area contributed by atoms with Crippen molar-refractivity contribution < 1.29 is 4.39 Å². The Labute approximate surface area is 146 Å². The Morgan fingerprint density at radius 2 is 1.69 bits per heavy atom. The molecule has 0 saturated carbocycles. The normalized spacial score (nSPS) is 11.1. The lowest BCUT2D eigenvalue weighted by atomic mass is 10.2. The van der Waals surface area contributed by atoms with E-state index in [9.17, 15) is 4.39 Å². The first-order valence-corrected chi connectivity index (χ1v) is 7.62. The maximum absolute atomic E-state index is 14.5. The molecule has 0 aliphatic rings. The van der Waals surface area contributed by atoms with Crippen LogP contribution in [0, 0.1) is 5.82 Å². The number of anilines is 3. The first-order valence-electron chi connectivity index (χ1n) is 7.62. The quantitative estimate of drug-likeness (QED) is 0.499. The average Bonchev–Trinajstić information content (AvgIpc) is 3.00. The van der Waals surface area contributed by atoms with Crippen molar-refractivity contribution >= 4 is 28.2 Å². The molecule has 4 aromatic rings. The summed E-state index contributed by atoms with van der Waals surface area (Å²) in [5, 5.41) is 5.00. The third kappa shape index (κ3) is 2.53. The number of fused-ring (bicyclic) bond motifs is 1. The molecule has 3 aromatic heterocycles. The largest absolute Gasteiger partial charge is 0.393 e. The standard InChI is InChI=1S/C16H14FN9/c17-10-3-1-2-9-12(16-23-14(19)11(18)15(20)24-16)25-26(13(9)10)6-8-4-21-7-22-5-8/h1-5,7H,6,18H2,(H4,19,20,23,24). The second kappa shape index (κ2) is 5.92. The van der Waals surface area contributed by atoms with Crippen LogP contribution in [0.2, 0.25) is 0 Å². The molecule has 0 bridgehead atoms. The van der Waals surface area contributed by atoms with Crippen LogP contribution in [0.3, 0.4) is 0 Å². The summed E-state index contributed by atoms with van der Waals surface area (Å²) in [5.41, 5.74) is 18.8. The number of para-hydroxylation sites is 1. The molecule has 0 spiro atoms. The molecule has 0 radical (unpaired) electrons. The molecule has 130 valence electrons. The minimum Gasteiger partial charge on any atom is -0.393 e. The summed E-state index contributed by atoms with van der Waals surface area (Å²) < 4.78 is 16.0. The van der Waals surface area contributed by atoms with Crippen molar-refractivity contribution in [2.24, 2.45) is 0 Å². The van der Waals surface area contributed by atoms with Gasteiger partial charge >= 0.3 is 0 Å². The van der Waals surface area contributed by atoms with E-state index in [-0.39, 0.29) is 29.7 Å². The van der Waals surface area contributed by atoms with Crippen LogP contribution in [0.1, 0.15) is 5.56 Å². The van der Waals surface area contributed by atoms with Gasteiger partial charge in [0.1, 0.15) is 29.0 Å². The van der Waals surface area contributed by atoms with Gasteiger partial charge in [-0.05, 0) is 6.07 Å². The highest BCUT2D eigenvalue weighted by molar-refractivity contribution is 5.93. The summed E-state index contributed by atoms with van der Waals surface area (Å²) in [7, 11) is 0. The van der Waals surface area contributed by atoms with Gasteiger partial charge in [0.15, 0.2) is 17.5 Å². The Kier molecular flexibility index (Phi) is 3.57. The van der Waals surface area contributed by atoms with E-state index in [0.717, 1.165) is 5.56 Å². The van der Waals surface area contributed by atoms with Gasteiger partial charge in [-0.3, -0.25) is 4.68 Å². The predicted molar refractivity (Wildman–Crippen MR) is 95.1 cm³/mol. The molecule has 1 aromatic carbocycles. The van der Waals surface area contributed by atoms with E-state index in [2.05, 4.69) is 25.0 Å². The number of aromatic nitrogens is 6. The maximum atomic E-state index is 14.5. The van der Waals surface area contributed by atoms with Gasteiger partial charge in [0.2, 0.25) is 0 Å². The fourth-order valence-electron chi connectivity index (χ4n) is 2.67. The van der Waals surface area contributed by atoms with E-state index < -0.39 is 5.82 Å². The molecule has 26 heavy (non-hydrogen) atoms. The van der Waals surface area contributed by atoms with Crippen molar-refractivity contribution in [3.8, 4) is 11.5 Å². The number of nitrogens with zero attached hydrogens (tertiary/aromatic N) is 6. The van der Waals surface area contributed by atoms with Gasteiger partial charge < -0.3 is 17.2 Å². The molecule has 0 aliphatic carbocycles. The number of halogens is 1. The lowest BCUT2D eigenvalue weighted by molar-refractivity contribution is 0.616. The number of hydrogen-bond acceptors (Lipinski definition) is 8. The van der Waals surface area contributed by atoms with Crippen LogP contribution in [-0.2, 0) is 6.54 Å². The number of hydrogen-bond donors (Lipinski definition) is 3. The maximum Gasteiger partial charge on any atom is 0.184 e. The minimum absolute atomic E-state index is 0.0445. The van der Waals surface area contributed by atoms with Crippen molar-refractivity contribution in [3.05, 3.63) is 48.3 Å². The second-order valence-corrected chi connectivity index (χ2v) is 5.62. The summed E-state index contributed by atoms with van der Waals surface area (Å²) in [6.07, 6.45) is 4.69. The van der Waals surface area contributed by atoms with E-state index >= 15 is 0 Å². The van der Waals surface area contributed by atoms with Gasteiger partial charge in [-0.25, -0.2) is 24.3 Å². The predicted octanol–water partition coefficient (Wildman–Crippen LogP) is 1.22. The molecule has 0 amide bonds. The van der Waals surface area contributed by atoms with E-state index in [1.54, 1.807) is 24.5 Å². The second-order valence-electron chi connectivity index (χ2n) is 5.62. The third-order valence-electron chi connectivity index (χ3n) is 3.88. The molecule has 9 nitrogen and oxygen atoms in total.